The van der Waals surface area contributed by atoms with Gasteiger partial charge in [-0.25, -0.2) is 0 Å². The van der Waals surface area contributed by atoms with Gasteiger partial charge in [0.2, 0.25) is 5.91 Å². The Labute approximate surface area is 99.0 Å². The molecule has 2 unspecified atom stereocenters. The highest BCUT2D eigenvalue weighted by Crippen LogP contribution is 2.06. The van der Waals surface area contributed by atoms with Gasteiger partial charge in [0, 0.05) is 13.0 Å². The second-order valence-electron chi connectivity index (χ2n) is 3.82. The van der Waals surface area contributed by atoms with E-state index in [2.05, 4.69) is 5.32 Å². The van der Waals surface area contributed by atoms with E-state index in [0.717, 1.165) is 0 Å². The minimum Gasteiger partial charge on any atom is -0.481 e. The van der Waals surface area contributed by atoms with Crippen LogP contribution in [-0.2, 0) is 14.4 Å². The number of rotatable bonds is 8. The Kier molecular flexibility index (Phi) is 6.88. The van der Waals surface area contributed by atoms with Gasteiger partial charge < -0.3 is 21.3 Å². The molecule has 0 saturated heterocycles. The van der Waals surface area contributed by atoms with Crippen molar-refractivity contribution in [2.75, 3.05) is 6.54 Å². The van der Waals surface area contributed by atoms with E-state index >= 15 is 0 Å². The smallest absolute Gasteiger partial charge is 0.305 e. The summed E-state index contributed by atoms with van der Waals surface area (Å²) >= 11 is 0. The summed E-state index contributed by atoms with van der Waals surface area (Å²) in [5, 5.41) is 19.5. The lowest BCUT2D eigenvalue weighted by Gasteiger charge is -2.15. The van der Waals surface area contributed by atoms with Gasteiger partial charge in [-0.1, -0.05) is 13.3 Å². The average Bonchev–Trinajstić information content (AvgIpc) is 2.22. The fourth-order valence-electron chi connectivity index (χ4n) is 1.26. The molecule has 0 radical (unpaired) electrons. The van der Waals surface area contributed by atoms with Crippen molar-refractivity contribution < 1.29 is 24.6 Å². The van der Waals surface area contributed by atoms with Crippen LogP contribution in [0.2, 0.25) is 0 Å². The number of carbonyl (C=O) groups is 3. The number of carbonyl (C=O) groups excluding carboxylic acids is 1. The summed E-state index contributed by atoms with van der Waals surface area (Å²) in [7, 11) is 0. The summed E-state index contributed by atoms with van der Waals surface area (Å²) in [5.74, 6) is -2.82. The maximum Gasteiger partial charge on any atom is 0.305 e. The summed E-state index contributed by atoms with van der Waals surface area (Å²) in [6.07, 6.45) is 0.132. The fraction of sp³-hybridized carbons (Fsp3) is 0.700. The first kappa shape index (κ1) is 15.4. The molecule has 0 bridgehead atoms. The molecule has 7 heteroatoms. The highest BCUT2D eigenvalue weighted by atomic mass is 16.4. The Morgan fingerprint density at radius 2 is 1.71 bits per heavy atom. The van der Waals surface area contributed by atoms with Crippen molar-refractivity contribution in [3.05, 3.63) is 0 Å². The van der Waals surface area contributed by atoms with Gasteiger partial charge in [-0.05, 0) is 5.92 Å². The Hall–Kier alpha value is -1.63. The van der Waals surface area contributed by atoms with E-state index in [9.17, 15) is 14.4 Å². The SMILES string of the molecule is CCC(CNC(=O)C(N)CC(=O)O)CC(=O)O. The van der Waals surface area contributed by atoms with Crippen LogP contribution in [0.5, 0.6) is 0 Å². The summed E-state index contributed by atoms with van der Waals surface area (Å²) in [6.45, 7) is 2.01. The third-order valence-electron chi connectivity index (χ3n) is 2.34. The number of aliphatic carboxylic acids is 2. The highest BCUT2D eigenvalue weighted by molar-refractivity contribution is 5.85. The van der Waals surface area contributed by atoms with Crippen molar-refractivity contribution in [2.45, 2.75) is 32.2 Å². The predicted octanol–water partition coefficient (Wildman–Crippen LogP) is -0.594. The lowest BCUT2D eigenvalue weighted by molar-refractivity contribution is -0.139. The zero-order valence-corrected chi connectivity index (χ0v) is 9.68. The van der Waals surface area contributed by atoms with Crippen LogP contribution in [0.4, 0.5) is 0 Å². The third kappa shape index (κ3) is 7.29. The van der Waals surface area contributed by atoms with Crippen LogP contribution in [0.25, 0.3) is 0 Å². The number of amides is 1. The first-order valence-corrected chi connectivity index (χ1v) is 5.33. The molecule has 17 heavy (non-hydrogen) atoms. The molecule has 0 aromatic carbocycles. The minimum atomic E-state index is -1.15. The molecule has 2 atom stereocenters. The predicted molar refractivity (Wildman–Crippen MR) is 59.3 cm³/mol. The molecule has 0 aliphatic rings. The number of hydrogen-bond acceptors (Lipinski definition) is 4. The number of nitrogens with two attached hydrogens (primary N) is 1. The van der Waals surface area contributed by atoms with Crippen LogP contribution in [0, 0.1) is 5.92 Å². The van der Waals surface area contributed by atoms with Gasteiger partial charge in [0.15, 0.2) is 0 Å². The number of nitrogens with one attached hydrogen (secondary N) is 1. The maximum atomic E-state index is 11.3. The van der Waals surface area contributed by atoms with E-state index in [0.29, 0.717) is 6.42 Å². The van der Waals surface area contributed by atoms with Crippen molar-refractivity contribution in [3.8, 4) is 0 Å². The van der Waals surface area contributed by atoms with Crippen LogP contribution in [-0.4, -0.2) is 40.6 Å². The van der Waals surface area contributed by atoms with Gasteiger partial charge in [0.05, 0.1) is 12.5 Å². The Balaban J connectivity index is 4.03. The van der Waals surface area contributed by atoms with Crippen molar-refractivity contribution in [2.24, 2.45) is 11.7 Å². The molecule has 0 aliphatic carbocycles. The summed E-state index contributed by atoms with van der Waals surface area (Å²) < 4.78 is 0. The zero-order chi connectivity index (χ0) is 13.4. The molecule has 0 spiro atoms. The van der Waals surface area contributed by atoms with Gasteiger partial charge in [-0.2, -0.15) is 0 Å². The largest absolute Gasteiger partial charge is 0.481 e. The topological polar surface area (TPSA) is 130 Å². The fourth-order valence-corrected chi connectivity index (χ4v) is 1.26. The van der Waals surface area contributed by atoms with Crippen LogP contribution >= 0.6 is 0 Å². The molecule has 0 fully saturated rings. The normalized spacial score (nSPS) is 13.8. The maximum absolute atomic E-state index is 11.3. The zero-order valence-electron chi connectivity index (χ0n) is 9.68. The molecule has 1 amide bonds. The van der Waals surface area contributed by atoms with E-state index in [1.54, 1.807) is 0 Å². The molecule has 0 saturated carbocycles. The first-order chi connectivity index (χ1) is 7.86. The van der Waals surface area contributed by atoms with Gasteiger partial charge >= 0.3 is 11.9 Å². The van der Waals surface area contributed by atoms with Gasteiger partial charge in [0.25, 0.3) is 0 Å². The van der Waals surface area contributed by atoms with Crippen LogP contribution in [0.1, 0.15) is 26.2 Å². The summed E-state index contributed by atoms with van der Waals surface area (Å²) in [6, 6.07) is -1.10. The molecule has 0 aromatic heterocycles. The third-order valence-corrected chi connectivity index (χ3v) is 2.34. The molecule has 5 N–H and O–H groups in total. The van der Waals surface area contributed by atoms with E-state index in [1.807, 2.05) is 6.92 Å². The highest BCUT2D eigenvalue weighted by Gasteiger charge is 2.18. The first-order valence-electron chi connectivity index (χ1n) is 5.33. The lowest BCUT2D eigenvalue weighted by Crippen LogP contribution is -2.43. The molecule has 0 rings (SSSR count). The second-order valence-corrected chi connectivity index (χ2v) is 3.82. The van der Waals surface area contributed by atoms with Gasteiger partial charge in [0.1, 0.15) is 0 Å². The Morgan fingerprint density at radius 1 is 1.18 bits per heavy atom. The van der Waals surface area contributed by atoms with E-state index < -0.39 is 30.3 Å². The monoisotopic (exact) mass is 246 g/mol. The molecule has 0 aromatic rings. The minimum absolute atomic E-state index is 0.0368. The van der Waals surface area contributed by atoms with E-state index in [1.165, 1.54) is 0 Å². The quantitative estimate of drug-likeness (QED) is 0.452. The van der Waals surface area contributed by atoms with Crippen LogP contribution in [0.3, 0.4) is 0 Å². The Bertz CT molecular complexity index is 292. The molecular formula is C10H18N2O5. The van der Waals surface area contributed by atoms with Crippen molar-refractivity contribution in [3.63, 3.8) is 0 Å². The lowest BCUT2D eigenvalue weighted by atomic mass is 10.0. The molecule has 98 valence electrons. The Morgan fingerprint density at radius 3 is 2.12 bits per heavy atom. The van der Waals surface area contributed by atoms with Crippen molar-refractivity contribution >= 4 is 17.8 Å². The number of hydrogen-bond donors (Lipinski definition) is 4. The number of carboxylic acids is 2. The van der Waals surface area contributed by atoms with Crippen LogP contribution in [0.15, 0.2) is 0 Å². The summed E-state index contributed by atoms with van der Waals surface area (Å²) in [5.41, 5.74) is 5.34. The molecule has 7 nitrogen and oxygen atoms in total. The van der Waals surface area contributed by atoms with E-state index in [-0.39, 0.29) is 18.9 Å². The molecule has 0 heterocycles. The van der Waals surface area contributed by atoms with Gasteiger partial charge in [-0.3, -0.25) is 14.4 Å². The second kappa shape index (κ2) is 7.61. The standard InChI is InChI=1S/C10H18N2O5/c1-2-6(3-8(13)14)5-12-10(17)7(11)4-9(15)16/h6-7H,2-5,11H2,1H3,(H,12,17)(H,13,14)(H,15,16). The van der Waals surface area contributed by atoms with Gasteiger partial charge in [-0.15, -0.1) is 0 Å². The van der Waals surface area contributed by atoms with Crippen LogP contribution < -0.4 is 11.1 Å². The number of carboxylic acid groups (broad SMARTS) is 2. The van der Waals surface area contributed by atoms with Crippen molar-refractivity contribution in [1.82, 2.24) is 5.32 Å². The molecular weight excluding hydrogens is 228 g/mol. The van der Waals surface area contributed by atoms with Crippen molar-refractivity contribution in [1.29, 1.82) is 0 Å². The molecule has 0 aliphatic heterocycles. The average molecular weight is 246 g/mol. The summed E-state index contributed by atoms with van der Waals surface area (Å²) in [4.78, 5) is 32.1. The van der Waals surface area contributed by atoms with E-state index in [4.69, 9.17) is 15.9 Å².